The summed E-state index contributed by atoms with van der Waals surface area (Å²) in [5, 5.41) is 6.94. The van der Waals surface area contributed by atoms with E-state index in [9.17, 15) is 0 Å². The van der Waals surface area contributed by atoms with E-state index >= 15 is 0 Å². The lowest BCUT2D eigenvalue weighted by Crippen LogP contribution is -2.07. The molecule has 0 saturated carbocycles. The minimum Gasteiger partial charge on any atom is -0.497 e. The Kier molecular flexibility index (Phi) is 3.66. The molecule has 96 valence electrons. The maximum Gasteiger partial charge on any atom is 0.228 e. The third-order valence-corrected chi connectivity index (χ3v) is 2.48. The average Bonchev–Trinajstić information content (AvgIpc) is 2.77. The highest BCUT2D eigenvalue weighted by atomic mass is 16.5. The van der Waals surface area contributed by atoms with Gasteiger partial charge in [-0.25, -0.2) is 0 Å². The van der Waals surface area contributed by atoms with Gasteiger partial charge < -0.3 is 20.3 Å². The fourth-order valence-electron chi connectivity index (χ4n) is 1.57. The summed E-state index contributed by atoms with van der Waals surface area (Å²) in [6.07, 6.45) is 0.659. The van der Waals surface area contributed by atoms with Gasteiger partial charge in [-0.2, -0.15) is 4.98 Å². The van der Waals surface area contributed by atoms with Crippen LogP contribution in [0.2, 0.25) is 0 Å². The zero-order valence-corrected chi connectivity index (χ0v) is 10.4. The molecule has 2 aromatic rings. The second-order valence-electron chi connectivity index (χ2n) is 3.87. The average molecular weight is 248 g/mol. The monoisotopic (exact) mass is 248 g/mol. The molecule has 1 aromatic heterocycles. The molecule has 0 saturated heterocycles. The van der Waals surface area contributed by atoms with Crippen molar-refractivity contribution in [3.8, 4) is 5.75 Å². The Morgan fingerprint density at radius 2 is 2.28 bits per heavy atom. The van der Waals surface area contributed by atoms with Crippen molar-refractivity contribution in [2.24, 2.45) is 0 Å². The fraction of sp³-hybridized carbons (Fsp3) is 0.333. The van der Waals surface area contributed by atoms with E-state index in [-0.39, 0.29) is 0 Å². The molecule has 0 unspecified atom stereocenters. The lowest BCUT2D eigenvalue weighted by molar-refractivity contribution is 0.377. The summed E-state index contributed by atoms with van der Waals surface area (Å²) >= 11 is 0. The van der Waals surface area contributed by atoms with Crippen molar-refractivity contribution in [1.82, 2.24) is 10.1 Å². The Hall–Kier alpha value is -2.24. The number of benzene rings is 1. The van der Waals surface area contributed by atoms with Crippen molar-refractivity contribution in [3.05, 3.63) is 29.9 Å². The predicted octanol–water partition coefficient (Wildman–Crippen LogP) is 1.62. The maximum absolute atomic E-state index is 5.89. The zero-order valence-electron chi connectivity index (χ0n) is 10.4. The number of nitrogens with two attached hydrogens (primary N) is 1. The number of ether oxygens (including phenoxy) is 1. The molecule has 18 heavy (non-hydrogen) atoms. The van der Waals surface area contributed by atoms with Crippen molar-refractivity contribution in [2.45, 2.75) is 13.3 Å². The third kappa shape index (κ3) is 2.91. The first-order valence-electron chi connectivity index (χ1n) is 5.65. The van der Waals surface area contributed by atoms with Gasteiger partial charge in [0.2, 0.25) is 5.89 Å². The number of nitrogens with one attached hydrogen (secondary N) is 1. The molecular weight excluding hydrogens is 232 g/mol. The summed E-state index contributed by atoms with van der Waals surface area (Å²) in [5.74, 6) is 2.01. The van der Waals surface area contributed by atoms with Crippen molar-refractivity contribution < 1.29 is 9.26 Å². The highest BCUT2D eigenvalue weighted by Crippen LogP contribution is 2.23. The Balaban J connectivity index is 1.90. The molecular formula is C12H16N4O2. The molecule has 1 heterocycles. The molecule has 6 heteroatoms. The van der Waals surface area contributed by atoms with Crippen LogP contribution in [0.25, 0.3) is 0 Å². The zero-order chi connectivity index (χ0) is 13.0. The molecule has 0 aliphatic rings. The number of hydrogen-bond acceptors (Lipinski definition) is 6. The van der Waals surface area contributed by atoms with E-state index in [1.54, 1.807) is 20.1 Å². The van der Waals surface area contributed by atoms with Crippen LogP contribution in [-0.4, -0.2) is 23.8 Å². The van der Waals surface area contributed by atoms with Crippen molar-refractivity contribution in [3.63, 3.8) is 0 Å². The number of methoxy groups -OCH3 is 1. The number of nitrogens with zero attached hydrogens (tertiary/aromatic N) is 2. The molecule has 0 aliphatic carbocycles. The molecule has 0 bridgehead atoms. The summed E-state index contributed by atoms with van der Waals surface area (Å²) in [5.41, 5.74) is 7.40. The fourth-order valence-corrected chi connectivity index (χ4v) is 1.57. The smallest absolute Gasteiger partial charge is 0.228 e. The van der Waals surface area contributed by atoms with Crippen molar-refractivity contribution in [1.29, 1.82) is 0 Å². The van der Waals surface area contributed by atoms with Gasteiger partial charge in [0.15, 0.2) is 5.82 Å². The number of aromatic nitrogens is 2. The lowest BCUT2D eigenvalue weighted by Gasteiger charge is -2.09. The van der Waals surface area contributed by atoms with Gasteiger partial charge in [0.05, 0.1) is 18.5 Å². The highest BCUT2D eigenvalue weighted by Gasteiger charge is 2.04. The highest BCUT2D eigenvalue weighted by molar-refractivity contribution is 5.68. The standard InChI is InChI=1S/C12H16N4O2/c1-8-15-12(18-16-8)5-6-14-11-4-3-9(17-2)7-10(11)13/h3-4,7,14H,5-6,13H2,1-2H3. The molecule has 0 radical (unpaired) electrons. The van der Waals surface area contributed by atoms with Gasteiger partial charge in [0.25, 0.3) is 0 Å². The second-order valence-corrected chi connectivity index (χ2v) is 3.87. The van der Waals surface area contributed by atoms with Gasteiger partial charge in [0, 0.05) is 19.0 Å². The first-order valence-corrected chi connectivity index (χ1v) is 5.65. The van der Waals surface area contributed by atoms with Crippen molar-refractivity contribution >= 4 is 11.4 Å². The van der Waals surface area contributed by atoms with Crippen LogP contribution >= 0.6 is 0 Å². The number of aryl methyl sites for hydroxylation is 1. The van der Waals surface area contributed by atoms with Gasteiger partial charge >= 0.3 is 0 Å². The van der Waals surface area contributed by atoms with Crippen molar-refractivity contribution in [2.75, 3.05) is 24.7 Å². The lowest BCUT2D eigenvalue weighted by atomic mass is 10.2. The second kappa shape index (κ2) is 5.39. The molecule has 0 aliphatic heterocycles. The third-order valence-electron chi connectivity index (χ3n) is 2.48. The Morgan fingerprint density at radius 1 is 1.44 bits per heavy atom. The molecule has 0 spiro atoms. The quantitative estimate of drug-likeness (QED) is 0.782. The van der Waals surface area contributed by atoms with Gasteiger partial charge in [0.1, 0.15) is 5.75 Å². The van der Waals surface area contributed by atoms with E-state index in [0.717, 1.165) is 11.4 Å². The predicted molar refractivity (Wildman–Crippen MR) is 68.6 cm³/mol. The topological polar surface area (TPSA) is 86.2 Å². The van der Waals surface area contributed by atoms with Crippen LogP contribution < -0.4 is 15.8 Å². The molecule has 0 fully saturated rings. The Labute approximate surface area is 105 Å². The van der Waals surface area contributed by atoms with E-state index in [1.807, 2.05) is 12.1 Å². The number of rotatable bonds is 5. The molecule has 3 N–H and O–H groups in total. The summed E-state index contributed by atoms with van der Waals surface area (Å²) in [7, 11) is 1.61. The largest absolute Gasteiger partial charge is 0.497 e. The van der Waals surface area contributed by atoms with E-state index in [1.165, 1.54) is 0 Å². The molecule has 6 nitrogen and oxygen atoms in total. The summed E-state index contributed by atoms with van der Waals surface area (Å²) in [6, 6.07) is 5.52. The Morgan fingerprint density at radius 3 is 2.89 bits per heavy atom. The van der Waals surface area contributed by atoms with Gasteiger partial charge in [-0.1, -0.05) is 5.16 Å². The minimum atomic E-state index is 0.618. The van der Waals surface area contributed by atoms with Crippen LogP contribution in [0.1, 0.15) is 11.7 Å². The number of hydrogen-bond donors (Lipinski definition) is 2. The minimum absolute atomic E-state index is 0.618. The van der Waals surface area contributed by atoms with Crippen LogP contribution in [0.15, 0.2) is 22.7 Å². The van der Waals surface area contributed by atoms with E-state index in [0.29, 0.717) is 30.4 Å². The molecule has 0 atom stereocenters. The first kappa shape index (κ1) is 12.2. The van der Waals surface area contributed by atoms with Crippen LogP contribution in [0.3, 0.4) is 0 Å². The molecule has 0 amide bonds. The molecule has 1 aromatic carbocycles. The number of nitrogen functional groups attached to an aromatic ring is 1. The first-order chi connectivity index (χ1) is 8.69. The number of anilines is 2. The summed E-state index contributed by atoms with van der Waals surface area (Å²) in [4.78, 5) is 4.12. The van der Waals surface area contributed by atoms with Crippen LogP contribution in [-0.2, 0) is 6.42 Å². The SMILES string of the molecule is COc1ccc(NCCc2nc(C)no2)c(N)c1. The summed E-state index contributed by atoms with van der Waals surface area (Å²) < 4.78 is 10.1. The van der Waals surface area contributed by atoms with Gasteiger partial charge in [-0.15, -0.1) is 0 Å². The van der Waals surface area contributed by atoms with E-state index < -0.39 is 0 Å². The van der Waals surface area contributed by atoms with E-state index in [2.05, 4.69) is 15.5 Å². The summed E-state index contributed by atoms with van der Waals surface area (Å²) in [6.45, 7) is 2.47. The van der Waals surface area contributed by atoms with Crippen LogP contribution in [0.5, 0.6) is 5.75 Å². The van der Waals surface area contributed by atoms with Gasteiger partial charge in [-0.3, -0.25) is 0 Å². The molecule has 2 rings (SSSR count). The maximum atomic E-state index is 5.89. The normalized spacial score (nSPS) is 10.3. The van der Waals surface area contributed by atoms with Gasteiger partial charge in [-0.05, 0) is 19.1 Å². The van der Waals surface area contributed by atoms with Crippen LogP contribution in [0.4, 0.5) is 11.4 Å². The van der Waals surface area contributed by atoms with Crippen LogP contribution in [0, 0.1) is 6.92 Å². The Bertz CT molecular complexity index is 525. The van der Waals surface area contributed by atoms with E-state index in [4.69, 9.17) is 15.0 Å².